The zero-order valence-electron chi connectivity index (χ0n) is 9.20. The molecule has 4 heteroatoms. The van der Waals surface area contributed by atoms with E-state index in [0.717, 1.165) is 24.6 Å². The third-order valence-electron chi connectivity index (χ3n) is 2.81. The van der Waals surface area contributed by atoms with E-state index in [1.54, 1.807) is 12.4 Å². The summed E-state index contributed by atoms with van der Waals surface area (Å²) < 4.78 is 0. The molecule has 82 valence electrons. The van der Waals surface area contributed by atoms with Crippen LogP contribution >= 0.6 is 11.6 Å². The lowest BCUT2D eigenvalue weighted by molar-refractivity contribution is 0.418. The zero-order valence-corrected chi connectivity index (χ0v) is 9.96. The molecule has 0 spiro atoms. The lowest BCUT2D eigenvalue weighted by atomic mass is 9.93. The molecule has 1 aromatic heterocycles. The van der Waals surface area contributed by atoms with Crippen molar-refractivity contribution in [1.29, 1.82) is 0 Å². The van der Waals surface area contributed by atoms with E-state index >= 15 is 0 Å². The van der Waals surface area contributed by atoms with E-state index in [4.69, 9.17) is 11.6 Å². The molecule has 0 bridgehead atoms. The highest BCUT2D eigenvalue weighted by Gasteiger charge is 2.30. The van der Waals surface area contributed by atoms with Crippen LogP contribution in [0.2, 0.25) is 0 Å². The highest BCUT2D eigenvalue weighted by atomic mass is 35.5. The molecule has 0 atom stereocenters. The number of halogens is 1. The molecule has 1 aliphatic heterocycles. The average molecular weight is 226 g/mol. The van der Waals surface area contributed by atoms with Crippen LogP contribution in [-0.4, -0.2) is 23.1 Å². The molecule has 0 saturated carbocycles. The van der Waals surface area contributed by atoms with Crippen molar-refractivity contribution in [2.45, 2.75) is 26.1 Å². The van der Waals surface area contributed by atoms with Crippen molar-refractivity contribution in [3.63, 3.8) is 0 Å². The van der Waals surface area contributed by atoms with Gasteiger partial charge in [-0.05, 0) is 11.8 Å². The Kier molecular flexibility index (Phi) is 2.83. The summed E-state index contributed by atoms with van der Waals surface area (Å²) >= 11 is 5.69. The number of alkyl halides is 1. The van der Waals surface area contributed by atoms with Gasteiger partial charge in [0.15, 0.2) is 0 Å². The maximum Gasteiger partial charge on any atom is 0.225 e. The predicted molar refractivity (Wildman–Crippen MR) is 62.2 cm³/mol. The van der Waals surface area contributed by atoms with Gasteiger partial charge in [-0.3, -0.25) is 0 Å². The Bertz CT molecular complexity index is 334. The number of hydrogen-bond donors (Lipinski definition) is 0. The minimum atomic E-state index is 0.383. The quantitative estimate of drug-likeness (QED) is 0.724. The Balaban J connectivity index is 2.11. The summed E-state index contributed by atoms with van der Waals surface area (Å²) in [5.74, 6) is 1.31. The third-order valence-corrected chi connectivity index (χ3v) is 3.11. The standard InChI is InChI=1S/C11H16ClN3/c1-11(2)3-4-15(8-11)10-13-6-9(5-12)7-14-10/h6-7H,3-5,8H2,1-2H3. The Morgan fingerprint density at radius 2 is 2.07 bits per heavy atom. The van der Waals surface area contributed by atoms with Gasteiger partial charge >= 0.3 is 0 Å². The van der Waals surface area contributed by atoms with Crippen LogP contribution in [-0.2, 0) is 5.88 Å². The minimum absolute atomic E-state index is 0.383. The van der Waals surface area contributed by atoms with E-state index in [0.29, 0.717) is 11.3 Å². The van der Waals surface area contributed by atoms with E-state index in [2.05, 4.69) is 28.7 Å². The molecule has 0 N–H and O–H groups in total. The molecule has 1 fully saturated rings. The van der Waals surface area contributed by atoms with E-state index in [-0.39, 0.29) is 0 Å². The van der Waals surface area contributed by atoms with Gasteiger partial charge in [-0.2, -0.15) is 0 Å². The van der Waals surface area contributed by atoms with Gasteiger partial charge in [-0.15, -0.1) is 11.6 Å². The molecule has 0 aromatic carbocycles. The van der Waals surface area contributed by atoms with Gasteiger partial charge in [-0.25, -0.2) is 9.97 Å². The maximum absolute atomic E-state index is 5.69. The molecule has 1 saturated heterocycles. The molecule has 15 heavy (non-hydrogen) atoms. The van der Waals surface area contributed by atoms with E-state index < -0.39 is 0 Å². The van der Waals surface area contributed by atoms with Gasteiger partial charge in [0, 0.05) is 31.0 Å². The van der Waals surface area contributed by atoms with Gasteiger partial charge in [0.2, 0.25) is 5.95 Å². The fourth-order valence-electron chi connectivity index (χ4n) is 1.86. The molecule has 0 unspecified atom stereocenters. The van der Waals surface area contributed by atoms with Gasteiger partial charge < -0.3 is 4.90 Å². The third kappa shape index (κ3) is 2.40. The monoisotopic (exact) mass is 225 g/mol. The number of hydrogen-bond acceptors (Lipinski definition) is 3. The van der Waals surface area contributed by atoms with Crippen molar-refractivity contribution in [2.24, 2.45) is 5.41 Å². The lowest BCUT2D eigenvalue weighted by Crippen LogP contribution is -2.24. The second kappa shape index (κ2) is 3.97. The van der Waals surface area contributed by atoms with Crippen LogP contribution < -0.4 is 4.90 Å². The highest BCUT2D eigenvalue weighted by molar-refractivity contribution is 6.17. The van der Waals surface area contributed by atoms with Crippen LogP contribution in [0.5, 0.6) is 0 Å². The maximum atomic E-state index is 5.69. The topological polar surface area (TPSA) is 29.0 Å². The molecule has 1 aliphatic rings. The molecule has 3 nitrogen and oxygen atoms in total. The summed E-state index contributed by atoms with van der Waals surface area (Å²) in [5.41, 5.74) is 1.35. The summed E-state index contributed by atoms with van der Waals surface area (Å²) in [4.78, 5) is 10.9. The first-order chi connectivity index (χ1) is 7.11. The largest absolute Gasteiger partial charge is 0.340 e. The lowest BCUT2D eigenvalue weighted by Gasteiger charge is -2.19. The van der Waals surface area contributed by atoms with E-state index in [1.165, 1.54) is 6.42 Å². The summed E-state index contributed by atoms with van der Waals surface area (Å²) in [6, 6.07) is 0. The summed E-state index contributed by atoms with van der Waals surface area (Å²) in [5, 5.41) is 0. The number of nitrogens with zero attached hydrogens (tertiary/aromatic N) is 3. The Labute approximate surface area is 95.5 Å². The second-order valence-corrected chi connectivity index (χ2v) is 5.13. The first-order valence-electron chi connectivity index (χ1n) is 5.22. The van der Waals surface area contributed by atoms with E-state index in [9.17, 15) is 0 Å². The Hall–Kier alpha value is -0.830. The van der Waals surface area contributed by atoms with Crippen molar-refractivity contribution in [3.8, 4) is 0 Å². The van der Waals surface area contributed by atoms with Gasteiger partial charge in [0.25, 0.3) is 0 Å². The predicted octanol–water partition coefficient (Wildman–Crippen LogP) is 2.45. The highest BCUT2D eigenvalue weighted by Crippen LogP contribution is 2.30. The Morgan fingerprint density at radius 1 is 1.40 bits per heavy atom. The normalized spacial score (nSPS) is 19.5. The number of aromatic nitrogens is 2. The molecule has 1 aromatic rings. The first kappa shape index (κ1) is 10.7. The van der Waals surface area contributed by atoms with Gasteiger partial charge in [0.1, 0.15) is 0 Å². The number of rotatable bonds is 2. The molecule has 2 rings (SSSR count). The fourth-order valence-corrected chi connectivity index (χ4v) is 2.00. The molecule has 0 aliphatic carbocycles. The summed E-state index contributed by atoms with van der Waals surface area (Å²) in [6.45, 7) is 6.64. The fraction of sp³-hybridized carbons (Fsp3) is 0.636. The molecule has 0 amide bonds. The SMILES string of the molecule is CC1(C)CCN(c2ncc(CCl)cn2)C1. The zero-order chi connectivity index (χ0) is 10.9. The van der Waals surface area contributed by atoms with Crippen LogP contribution in [0.15, 0.2) is 12.4 Å². The van der Waals surface area contributed by atoms with Crippen molar-refractivity contribution in [2.75, 3.05) is 18.0 Å². The van der Waals surface area contributed by atoms with Crippen molar-refractivity contribution >= 4 is 17.5 Å². The molecular formula is C11H16ClN3. The van der Waals surface area contributed by atoms with Crippen LogP contribution in [0.3, 0.4) is 0 Å². The van der Waals surface area contributed by atoms with Gasteiger partial charge in [0.05, 0.1) is 5.88 Å². The van der Waals surface area contributed by atoms with Gasteiger partial charge in [-0.1, -0.05) is 13.8 Å². The summed E-state index contributed by atoms with van der Waals surface area (Å²) in [7, 11) is 0. The van der Waals surface area contributed by atoms with E-state index in [1.807, 2.05) is 0 Å². The number of anilines is 1. The first-order valence-corrected chi connectivity index (χ1v) is 5.76. The second-order valence-electron chi connectivity index (χ2n) is 4.86. The molecule has 0 radical (unpaired) electrons. The van der Waals surface area contributed by atoms with Crippen LogP contribution in [0.25, 0.3) is 0 Å². The Morgan fingerprint density at radius 3 is 2.53 bits per heavy atom. The van der Waals surface area contributed by atoms with Crippen molar-refractivity contribution < 1.29 is 0 Å². The van der Waals surface area contributed by atoms with Crippen molar-refractivity contribution in [3.05, 3.63) is 18.0 Å². The average Bonchev–Trinajstić information content (AvgIpc) is 2.59. The van der Waals surface area contributed by atoms with Crippen LogP contribution in [0.1, 0.15) is 25.8 Å². The van der Waals surface area contributed by atoms with Crippen LogP contribution in [0, 0.1) is 5.41 Å². The summed E-state index contributed by atoms with van der Waals surface area (Å²) in [6.07, 6.45) is 4.81. The smallest absolute Gasteiger partial charge is 0.225 e. The minimum Gasteiger partial charge on any atom is -0.340 e. The van der Waals surface area contributed by atoms with Crippen LogP contribution in [0.4, 0.5) is 5.95 Å². The molecular weight excluding hydrogens is 210 g/mol. The molecule has 2 heterocycles. The van der Waals surface area contributed by atoms with Crippen molar-refractivity contribution in [1.82, 2.24) is 9.97 Å².